The van der Waals surface area contributed by atoms with Crippen molar-refractivity contribution in [2.24, 2.45) is 5.92 Å². The van der Waals surface area contributed by atoms with Crippen LogP contribution in [0, 0.1) is 5.92 Å². The van der Waals surface area contributed by atoms with Crippen molar-refractivity contribution in [3.05, 3.63) is 57.6 Å². The van der Waals surface area contributed by atoms with E-state index in [1.54, 1.807) is 4.52 Å². The Kier molecular flexibility index (Phi) is 4.82. The number of nitrogens with zero attached hydrogens (tertiary/aromatic N) is 5. The van der Waals surface area contributed by atoms with Gasteiger partial charge in [-0.05, 0) is 48.9 Å². The minimum absolute atomic E-state index is 0.0813. The molecule has 154 valence electrons. The van der Waals surface area contributed by atoms with Crippen LogP contribution in [0.4, 0.5) is 0 Å². The summed E-state index contributed by atoms with van der Waals surface area (Å²) in [6, 6.07) is 9.83. The Bertz CT molecular complexity index is 1290. The van der Waals surface area contributed by atoms with Gasteiger partial charge in [-0.15, -0.1) is 10.2 Å². The average molecular weight is 422 g/mol. The van der Waals surface area contributed by atoms with E-state index < -0.39 is 0 Å². The molecule has 30 heavy (non-hydrogen) atoms. The third-order valence-corrected chi connectivity index (χ3v) is 6.62. The van der Waals surface area contributed by atoms with Gasteiger partial charge in [-0.3, -0.25) is 4.79 Å². The SMILES string of the molecule is CCc1nn2c(nnc3c(=O)n([C@H]4CCCC[C@@H]4C)ccc32)c1-c1ccc(Cl)cc1. The Morgan fingerprint density at radius 2 is 1.87 bits per heavy atom. The van der Waals surface area contributed by atoms with Gasteiger partial charge in [-0.1, -0.05) is 50.4 Å². The van der Waals surface area contributed by atoms with Crippen LogP contribution in [0.2, 0.25) is 5.02 Å². The molecule has 0 unspecified atom stereocenters. The van der Waals surface area contributed by atoms with Crippen molar-refractivity contribution in [3.63, 3.8) is 0 Å². The van der Waals surface area contributed by atoms with Gasteiger partial charge in [-0.25, -0.2) is 4.52 Å². The number of benzene rings is 1. The van der Waals surface area contributed by atoms with Crippen LogP contribution in [0.25, 0.3) is 27.8 Å². The number of aromatic nitrogens is 5. The van der Waals surface area contributed by atoms with Crippen molar-refractivity contribution in [2.45, 2.75) is 52.0 Å². The fraction of sp³-hybridized carbons (Fsp3) is 0.391. The molecule has 7 heteroatoms. The summed E-state index contributed by atoms with van der Waals surface area (Å²) in [6.45, 7) is 4.29. The largest absolute Gasteiger partial charge is 0.310 e. The summed E-state index contributed by atoms with van der Waals surface area (Å²) in [5.41, 5.74) is 4.49. The lowest BCUT2D eigenvalue weighted by molar-refractivity contribution is 0.253. The number of pyridine rings is 1. The predicted octanol–water partition coefficient (Wildman–Crippen LogP) is 5.07. The maximum atomic E-state index is 13.3. The molecule has 1 aromatic carbocycles. The highest BCUT2D eigenvalue weighted by Gasteiger charge is 2.25. The highest BCUT2D eigenvalue weighted by atomic mass is 35.5. The Labute approximate surface area is 179 Å². The molecular formula is C23H24ClN5O. The molecular weight excluding hydrogens is 398 g/mol. The molecule has 0 N–H and O–H groups in total. The van der Waals surface area contributed by atoms with Crippen LogP contribution in [0.5, 0.6) is 0 Å². The van der Waals surface area contributed by atoms with E-state index >= 15 is 0 Å². The molecule has 0 amide bonds. The predicted molar refractivity (Wildman–Crippen MR) is 119 cm³/mol. The van der Waals surface area contributed by atoms with Gasteiger partial charge in [0.05, 0.1) is 11.3 Å². The Morgan fingerprint density at radius 3 is 2.60 bits per heavy atom. The first-order valence-electron chi connectivity index (χ1n) is 10.6. The average Bonchev–Trinajstić information content (AvgIpc) is 3.14. The van der Waals surface area contributed by atoms with Crippen LogP contribution in [0.15, 0.2) is 41.3 Å². The number of hydrogen-bond acceptors (Lipinski definition) is 4. The number of fused-ring (bicyclic) bond motifs is 3. The molecule has 0 radical (unpaired) electrons. The lowest BCUT2D eigenvalue weighted by Gasteiger charge is -2.30. The summed E-state index contributed by atoms with van der Waals surface area (Å²) >= 11 is 6.06. The smallest absolute Gasteiger partial charge is 0.280 e. The van der Waals surface area contributed by atoms with Gasteiger partial charge in [-0.2, -0.15) is 5.10 Å². The van der Waals surface area contributed by atoms with E-state index in [1.807, 2.05) is 41.1 Å². The topological polar surface area (TPSA) is 65.1 Å². The van der Waals surface area contributed by atoms with Gasteiger partial charge in [0.1, 0.15) is 5.52 Å². The minimum Gasteiger partial charge on any atom is -0.310 e. The standard InChI is InChI=1S/C23H24ClN5O/c1-3-17-20(15-8-10-16(24)11-9-15)22-26-25-21-19(29(22)27-17)12-13-28(23(21)30)18-7-5-4-6-14(18)2/h8-14,18H,3-7H2,1-2H3/t14-,18-/m0/s1. The van der Waals surface area contributed by atoms with Crippen molar-refractivity contribution in [1.29, 1.82) is 0 Å². The summed E-state index contributed by atoms with van der Waals surface area (Å²) in [6.07, 6.45) is 7.25. The molecule has 0 bridgehead atoms. The fourth-order valence-corrected chi connectivity index (χ4v) is 4.86. The Hall–Kier alpha value is -2.73. The molecule has 1 aliphatic carbocycles. The van der Waals surface area contributed by atoms with Crippen LogP contribution in [-0.4, -0.2) is 24.4 Å². The van der Waals surface area contributed by atoms with E-state index in [2.05, 4.69) is 24.0 Å². The summed E-state index contributed by atoms with van der Waals surface area (Å²) in [7, 11) is 0. The van der Waals surface area contributed by atoms with Crippen LogP contribution >= 0.6 is 11.6 Å². The molecule has 0 saturated heterocycles. The molecule has 4 aromatic rings. The molecule has 1 fully saturated rings. The van der Waals surface area contributed by atoms with E-state index in [0.29, 0.717) is 27.6 Å². The maximum absolute atomic E-state index is 13.3. The molecule has 1 aliphatic rings. The maximum Gasteiger partial charge on any atom is 0.280 e. The second-order valence-corrected chi connectivity index (χ2v) is 8.65. The second kappa shape index (κ2) is 7.51. The van der Waals surface area contributed by atoms with Gasteiger partial charge in [0, 0.05) is 17.3 Å². The van der Waals surface area contributed by atoms with E-state index in [-0.39, 0.29) is 11.6 Å². The van der Waals surface area contributed by atoms with Gasteiger partial charge in [0.15, 0.2) is 11.2 Å². The fourth-order valence-electron chi connectivity index (χ4n) is 4.74. The monoisotopic (exact) mass is 421 g/mol. The van der Waals surface area contributed by atoms with Crippen LogP contribution in [0.1, 0.15) is 51.3 Å². The van der Waals surface area contributed by atoms with Gasteiger partial charge < -0.3 is 4.57 Å². The van der Waals surface area contributed by atoms with Crippen molar-refractivity contribution in [3.8, 4) is 11.1 Å². The second-order valence-electron chi connectivity index (χ2n) is 8.21. The van der Waals surface area contributed by atoms with Gasteiger partial charge in [0.2, 0.25) is 0 Å². The van der Waals surface area contributed by atoms with E-state index in [4.69, 9.17) is 16.7 Å². The van der Waals surface area contributed by atoms with Crippen molar-refractivity contribution >= 4 is 28.3 Å². The first kappa shape index (κ1) is 19.2. The third-order valence-electron chi connectivity index (χ3n) is 6.37. The molecule has 3 aromatic heterocycles. The van der Waals surface area contributed by atoms with E-state index in [9.17, 15) is 4.79 Å². The lowest BCUT2D eigenvalue weighted by Crippen LogP contribution is -2.31. The quantitative estimate of drug-likeness (QED) is 0.463. The number of aryl methyl sites for hydroxylation is 1. The van der Waals surface area contributed by atoms with Crippen LogP contribution < -0.4 is 5.56 Å². The molecule has 5 rings (SSSR count). The minimum atomic E-state index is -0.0813. The number of rotatable bonds is 3. The molecule has 3 heterocycles. The molecule has 2 atom stereocenters. The highest BCUT2D eigenvalue weighted by molar-refractivity contribution is 6.30. The molecule has 6 nitrogen and oxygen atoms in total. The molecule has 0 spiro atoms. The zero-order valence-electron chi connectivity index (χ0n) is 17.2. The third kappa shape index (κ3) is 3.01. The molecule has 1 saturated carbocycles. The zero-order valence-corrected chi connectivity index (χ0v) is 17.9. The van der Waals surface area contributed by atoms with Crippen molar-refractivity contribution < 1.29 is 0 Å². The van der Waals surface area contributed by atoms with E-state index in [0.717, 1.165) is 42.5 Å². The summed E-state index contributed by atoms with van der Waals surface area (Å²) < 4.78 is 3.62. The van der Waals surface area contributed by atoms with Crippen LogP contribution in [-0.2, 0) is 6.42 Å². The highest BCUT2D eigenvalue weighted by Crippen LogP contribution is 2.33. The molecule has 0 aliphatic heterocycles. The zero-order chi connectivity index (χ0) is 20.8. The summed E-state index contributed by atoms with van der Waals surface area (Å²) in [4.78, 5) is 13.3. The summed E-state index contributed by atoms with van der Waals surface area (Å²) in [5.74, 6) is 0.485. The van der Waals surface area contributed by atoms with Crippen molar-refractivity contribution in [1.82, 2.24) is 24.4 Å². The Morgan fingerprint density at radius 1 is 1.10 bits per heavy atom. The Balaban J connectivity index is 1.72. The van der Waals surface area contributed by atoms with Crippen LogP contribution in [0.3, 0.4) is 0 Å². The first-order chi connectivity index (χ1) is 14.6. The summed E-state index contributed by atoms with van der Waals surface area (Å²) in [5, 5.41) is 14.3. The van der Waals surface area contributed by atoms with E-state index in [1.165, 1.54) is 6.42 Å². The van der Waals surface area contributed by atoms with Crippen molar-refractivity contribution in [2.75, 3.05) is 0 Å². The van der Waals surface area contributed by atoms with Gasteiger partial charge in [0.25, 0.3) is 5.56 Å². The number of halogens is 1. The van der Waals surface area contributed by atoms with Gasteiger partial charge >= 0.3 is 0 Å². The number of hydrogen-bond donors (Lipinski definition) is 0. The lowest BCUT2D eigenvalue weighted by atomic mass is 9.85. The normalized spacial score (nSPS) is 19.6. The first-order valence-corrected chi connectivity index (χ1v) is 11.0.